The first-order valence-corrected chi connectivity index (χ1v) is 34.5. The molecule has 9 aliphatic heterocycles. The lowest BCUT2D eigenvalue weighted by molar-refractivity contribution is -0.393. The lowest BCUT2D eigenvalue weighted by atomic mass is 9.93. The predicted octanol–water partition coefficient (Wildman–Crippen LogP) is -19.2. The summed E-state index contributed by atoms with van der Waals surface area (Å²) in [6.07, 6.45) is -85.1. The fraction of sp³-hybridized carbons (Fsp3) is 0.950. The molecule has 9 rings (SSSR count). The Morgan fingerprint density at radius 1 is 0.259 bits per heavy atom. The minimum atomic E-state index is -2.44. The van der Waals surface area contributed by atoms with Crippen molar-refractivity contribution in [1.82, 2.24) is 16.0 Å². The molecule has 0 bridgehead atoms. The average Bonchev–Trinajstić information content (AvgIpc) is 0.762. The molecule has 0 spiro atoms. The fourth-order valence-corrected chi connectivity index (χ4v) is 14.0. The minimum absolute atomic E-state index is 0.891. The lowest BCUT2D eigenvalue weighted by Gasteiger charge is -2.52. The van der Waals surface area contributed by atoms with Gasteiger partial charge in [-0.3, -0.25) is 14.4 Å². The van der Waals surface area contributed by atoms with Gasteiger partial charge in [0.15, 0.2) is 56.6 Å². The quantitative estimate of drug-likeness (QED) is 0.0363. The molecule has 0 aliphatic carbocycles. The Bertz CT molecular complexity index is 2820. The van der Waals surface area contributed by atoms with Gasteiger partial charge in [0.05, 0.1) is 59.0 Å². The largest absolute Gasteiger partial charge is 0.394 e. The predicted molar refractivity (Wildman–Crippen MR) is 330 cm³/mol. The molecule has 45 atom stereocenters. The molecule has 626 valence electrons. The minimum Gasteiger partial charge on any atom is -0.394 e. The van der Waals surface area contributed by atoms with Gasteiger partial charge in [-0.2, -0.15) is 0 Å². The topological polar surface area (TPSA) is 750 Å². The maximum absolute atomic E-state index is 13.4. The number of amides is 3. The molecule has 1 unspecified atom stereocenters. The highest BCUT2D eigenvalue weighted by atomic mass is 16.8. The Morgan fingerprint density at radius 3 is 1.03 bits per heavy atom. The smallest absolute Gasteiger partial charge is 0.217 e. The molecule has 9 fully saturated rings. The lowest BCUT2D eigenvalue weighted by Crippen LogP contribution is -2.71. The summed E-state index contributed by atoms with van der Waals surface area (Å²) < 4.78 is 100. The first-order valence-electron chi connectivity index (χ1n) is 34.5. The van der Waals surface area contributed by atoms with Crippen LogP contribution in [0.2, 0.25) is 0 Å². The maximum Gasteiger partial charge on any atom is 0.217 e. The molecule has 0 aromatic heterocycles. The highest BCUT2D eigenvalue weighted by molar-refractivity contribution is 5.74. The van der Waals surface area contributed by atoms with Crippen LogP contribution in [0.1, 0.15) is 27.7 Å². The Hall–Kier alpha value is -3.27. The molecule has 9 heterocycles. The van der Waals surface area contributed by atoms with Gasteiger partial charge in [-0.1, -0.05) is 0 Å². The monoisotopic (exact) mass is 1580 g/mol. The molecule has 0 radical (unpaired) electrons. The normalized spacial score (nSPS) is 50.4. The third-order valence-electron chi connectivity index (χ3n) is 19.9. The van der Waals surface area contributed by atoms with Gasteiger partial charge in [-0.15, -0.1) is 0 Å². The van der Waals surface area contributed by atoms with Crippen LogP contribution in [0.5, 0.6) is 0 Å². The molecule has 108 heavy (non-hydrogen) atoms. The van der Waals surface area contributed by atoms with Crippen molar-refractivity contribution in [3.63, 3.8) is 0 Å². The fourth-order valence-electron chi connectivity index (χ4n) is 14.0. The van der Waals surface area contributed by atoms with Gasteiger partial charge in [0.2, 0.25) is 17.7 Å². The van der Waals surface area contributed by atoms with Crippen LogP contribution in [0.3, 0.4) is 0 Å². The second-order valence-electron chi connectivity index (χ2n) is 27.4. The average molecular weight is 1580 g/mol. The van der Waals surface area contributed by atoms with Crippen molar-refractivity contribution < 1.29 is 223 Å². The van der Waals surface area contributed by atoms with E-state index in [4.69, 9.17) is 80.5 Å². The Morgan fingerprint density at radius 2 is 0.565 bits per heavy atom. The van der Waals surface area contributed by atoms with E-state index in [9.17, 15) is 142 Å². The van der Waals surface area contributed by atoms with E-state index < -0.39 is 347 Å². The van der Waals surface area contributed by atoms with Crippen LogP contribution < -0.4 is 16.0 Å². The van der Waals surface area contributed by atoms with Crippen LogP contribution in [0.25, 0.3) is 0 Å². The molecular formula is C60H101N3O45. The molecule has 9 saturated heterocycles. The van der Waals surface area contributed by atoms with Gasteiger partial charge in [0.1, 0.15) is 213 Å². The standard InChI is InChI=1S/C60H101N3O45/c1-13-28(74)35(81)40(86)56(93-13)104-47-23(11-70)100-55(27(63-16(4)73)49(47)106-58-42(88)37(83)30(76)18(6-65)97-58)108-51-33(79)24(101-60(44(51)90)103-46-21(9-68)94-52(91)39(85)38(46)84)12-92-53-25(61-14(2)71)34(80)45(22(10-69)99-53)102-59-43(89)50(32(78)20(8-67)98-59)107-54-26(62-15(3)72)48(31(77)19(7-66)95-54)105-57-41(87)36(82)29(75)17(5-64)96-57/h13,17-60,64-70,74-91H,5-12H2,1-4H3,(H,61,71)(H,62,72)(H,63,73)/t13-,17+,18+,19+,20+,21+,22+,23+,24+,25+,26+,27+,28+,29-,30-,31+,32-,33-,34+,35+,36-,37-,38+,39+,40-,41+,42+,43+,44+,45+,46+,47+,48+,49+,50-,51-,52?,53+,54-,55-,56-,57-,58-,59-,60-/m0/s1. The number of ether oxygens (including phenoxy) is 17. The second kappa shape index (κ2) is 38.5. The SMILES string of the molecule is CC(=O)N[C@H]1[C@H](OC[C@H]2O[C@@H](O[C@H]3[C@H](O)[C@@H](O)C(O)O[C@@H]3CO)[C@H](O)[C@@H](O[C@@H]3O[C@H](CO)[C@@H](O[C@@H]4O[C@@H](C)[C@@H](O)[C@@H](O)[C@@H]4O)[C@H](O[C@@H]4O[C@H](CO)[C@H](O)[C@H](O)[C@H]4O)[C@H]3NC(C)=O)[C@H]2O)O[C@H](CO)[C@@H](O[C@@H]2O[C@H](CO)[C@H](O)[C@H](O[C@@H]3O[C@H](CO)[C@@H](O)[C@H](O[C@@H]4O[C@H](CO)[C@H](O)[C@H](O)[C@H]4O)[C@H]3NC(C)=O)[C@H]2O)[C@@H]1O. The second-order valence-corrected chi connectivity index (χ2v) is 27.4. The summed E-state index contributed by atoms with van der Waals surface area (Å²) in [4.78, 5) is 39.2. The van der Waals surface area contributed by atoms with Gasteiger partial charge >= 0.3 is 0 Å². The zero-order valence-corrected chi connectivity index (χ0v) is 58.0. The molecule has 28 N–H and O–H groups in total. The van der Waals surface area contributed by atoms with Crippen LogP contribution >= 0.6 is 0 Å². The molecule has 0 aromatic carbocycles. The van der Waals surface area contributed by atoms with Gasteiger partial charge in [-0.25, -0.2) is 0 Å². The van der Waals surface area contributed by atoms with Crippen molar-refractivity contribution in [3.05, 3.63) is 0 Å². The van der Waals surface area contributed by atoms with E-state index in [1.165, 1.54) is 6.92 Å². The molecule has 0 saturated carbocycles. The number of nitrogens with one attached hydrogen (secondary N) is 3. The number of hydrogen-bond acceptors (Lipinski definition) is 45. The van der Waals surface area contributed by atoms with E-state index >= 15 is 0 Å². The number of aliphatic hydroxyl groups is 25. The van der Waals surface area contributed by atoms with Crippen molar-refractivity contribution >= 4 is 17.7 Å². The Labute approximate surface area is 611 Å². The van der Waals surface area contributed by atoms with Crippen LogP contribution in [0.4, 0.5) is 0 Å². The van der Waals surface area contributed by atoms with Gasteiger partial charge in [0.25, 0.3) is 0 Å². The van der Waals surface area contributed by atoms with E-state index in [0.29, 0.717) is 0 Å². The van der Waals surface area contributed by atoms with Crippen molar-refractivity contribution in [2.45, 2.75) is 304 Å². The Kier molecular flexibility index (Phi) is 31.6. The summed E-state index contributed by atoms with van der Waals surface area (Å²) in [6.45, 7) is -4.51. The van der Waals surface area contributed by atoms with Gasteiger partial charge in [-0.05, 0) is 6.92 Å². The molecular weight excluding hydrogens is 1480 g/mol. The summed E-state index contributed by atoms with van der Waals surface area (Å²) in [5.41, 5.74) is 0. The molecule has 3 amide bonds. The summed E-state index contributed by atoms with van der Waals surface area (Å²) in [5.74, 6) is -2.82. The molecule has 9 aliphatic rings. The van der Waals surface area contributed by atoms with Crippen molar-refractivity contribution in [1.29, 1.82) is 0 Å². The van der Waals surface area contributed by atoms with Crippen LogP contribution in [0, 0.1) is 0 Å². The highest BCUT2D eigenvalue weighted by Crippen LogP contribution is 2.40. The molecule has 48 nitrogen and oxygen atoms in total. The van der Waals surface area contributed by atoms with Gasteiger partial charge in [0, 0.05) is 20.8 Å². The Balaban J connectivity index is 0.996. The van der Waals surface area contributed by atoms with E-state index in [2.05, 4.69) is 16.0 Å². The number of carbonyl (C=O) groups excluding carboxylic acids is 3. The van der Waals surface area contributed by atoms with Crippen LogP contribution in [-0.2, 0) is 94.9 Å². The van der Waals surface area contributed by atoms with Gasteiger partial charge < -0.3 is 224 Å². The number of carbonyl (C=O) groups is 3. The summed E-state index contributed by atoms with van der Waals surface area (Å²) in [5, 5.41) is 282. The zero-order chi connectivity index (χ0) is 79.5. The zero-order valence-electron chi connectivity index (χ0n) is 58.0. The highest BCUT2D eigenvalue weighted by Gasteiger charge is 2.61. The van der Waals surface area contributed by atoms with E-state index in [1.54, 1.807) is 0 Å². The first-order chi connectivity index (χ1) is 51.1. The van der Waals surface area contributed by atoms with Crippen LogP contribution in [0.15, 0.2) is 0 Å². The van der Waals surface area contributed by atoms with Crippen LogP contribution in [-0.4, -0.2) is 474 Å². The summed E-state index contributed by atoms with van der Waals surface area (Å²) >= 11 is 0. The van der Waals surface area contributed by atoms with E-state index in [1.807, 2.05) is 0 Å². The molecule has 0 aromatic rings. The first kappa shape index (κ1) is 88.7. The summed E-state index contributed by atoms with van der Waals surface area (Å²) in [7, 11) is 0. The third-order valence-corrected chi connectivity index (χ3v) is 19.9. The number of rotatable bonds is 27. The molecule has 48 heteroatoms. The van der Waals surface area contributed by atoms with E-state index in [-0.39, 0.29) is 0 Å². The van der Waals surface area contributed by atoms with Crippen molar-refractivity contribution in [2.24, 2.45) is 0 Å². The van der Waals surface area contributed by atoms with E-state index in [0.717, 1.165) is 20.8 Å². The van der Waals surface area contributed by atoms with Crippen molar-refractivity contribution in [3.8, 4) is 0 Å². The number of hydrogen-bond donors (Lipinski definition) is 28. The third kappa shape index (κ3) is 19.1. The number of aliphatic hydroxyl groups excluding tert-OH is 25. The van der Waals surface area contributed by atoms with Crippen molar-refractivity contribution in [2.75, 3.05) is 52.9 Å². The summed E-state index contributed by atoms with van der Waals surface area (Å²) in [6, 6.07) is -5.71. The maximum atomic E-state index is 13.4.